The lowest BCUT2D eigenvalue weighted by Gasteiger charge is -2.08. The molecule has 4 aromatic rings. The highest BCUT2D eigenvalue weighted by molar-refractivity contribution is 9.10. The van der Waals surface area contributed by atoms with E-state index in [0.717, 1.165) is 26.5 Å². The number of aromatic nitrogens is 2. The van der Waals surface area contributed by atoms with Crippen molar-refractivity contribution in [1.82, 2.24) is 9.97 Å². The van der Waals surface area contributed by atoms with E-state index in [2.05, 4.69) is 36.4 Å². The SMILES string of the molecule is COc1cc(C=NNc2nc(-c3ccc(Br)cc3)nc3ccccc23)ccc1O. The molecule has 0 unspecified atom stereocenters. The van der Waals surface area contributed by atoms with Gasteiger partial charge in [-0.25, -0.2) is 9.97 Å². The van der Waals surface area contributed by atoms with Crippen LogP contribution in [0, 0.1) is 0 Å². The Balaban J connectivity index is 1.68. The highest BCUT2D eigenvalue weighted by Gasteiger charge is 2.09. The molecule has 0 saturated carbocycles. The van der Waals surface area contributed by atoms with E-state index in [0.29, 0.717) is 17.4 Å². The van der Waals surface area contributed by atoms with Crippen LogP contribution in [0.2, 0.25) is 0 Å². The van der Waals surface area contributed by atoms with Gasteiger partial charge < -0.3 is 9.84 Å². The number of ether oxygens (including phenoxy) is 1. The van der Waals surface area contributed by atoms with Gasteiger partial charge in [0.2, 0.25) is 0 Å². The molecule has 0 amide bonds. The highest BCUT2D eigenvalue weighted by atomic mass is 79.9. The number of fused-ring (bicyclic) bond motifs is 1. The van der Waals surface area contributed by atoms with Crippen molar-refractivity contribution in [1.29, 1.82) is 0 Å². The first-order valence-corrected chi connectivity index (χ1v) is 9.62. The van der Waals surface area contributed by atoms with Gasteiger partial charge >= 0.3 is 0 Å². The topological polar surface area (TPSA) is 79.6 Å². The predicted octanol–water partition coefficient (Wildman–Crippen LogP) is 5.22. The molecule has 4 rings (SSSR count). The van der Waals surface area contributed by atoms with Crippen LogP contribution in [0.1, 0.15) is 5.56 Å². The first-order chi connectivity index (χ1) is 14.1. The van der Waals surface area contributed by atoms with Gasteiger partial charge in [0.25, 0.3) is 0 Å². The number of hydrogen-bond acceptors (Lipinski definition) is 6. The zero-order valence-corrected chi connectivity index (χ0v) is 17.1. The van der Waals surface area contributed by atoms with Crippen molar-refractivity contribution in [3.63, 3.8) is 0 Å². The summed E-state index contributed by atoms with van der Waals surface area (Å²) in [6.07, 6.45) is 1.64. The fraction of sp³-hybridized carbons (Fsp3) is 0.0455. The molecular weight excluding hydrogens is 432 g/mol. The minimum atomic E-state index is 0.0820. The largest absolute Gasteiger partial charge is 0.504 e. The van der Waals surface area contributed by atoms with E-state index >= 15 is 0 Å². The Labute approximate surface area is 176 Å². The van der Waals surface area contributed by atoms with Crippen molar-refractivity contribution >= 4 is 38.9 Å². The van der Waals surface area contributed by atoms with Crippen LogP contribution in [0.3, 0.4) is 0 Å². The minimum absolute atomic E-state index is 0.0820. The molecule has 1 aromatic heterocycles. The Morgan fingerprint density at radius 1 is 1.03 bits per heavy atom. The van der Waals surface area contributed by atoms with Gasteiger partial charge in [-0.2, -0.15) is 5.10 Å². The second kappa shape index (κ2) is 8.28. The molecule has 0 fully saturated rings. The number of nitrogens with zero attached hydrogens (tertiary/aromatic N) is 3. The Hall–Kier alpha value is -3.45. The smallest absolute Gasteiger partial charge is 0.162 e. The number of nitrogens with one attached hydrogen (secondary N) is 1. The number of rotatable bonds is 5. The van der Waals surface area contributed by atoms with Crippen LogP contribution in [-0.4, -0.2) is 28.4 Å². The summed E-state index contributed by atoms with van der Waals surface area (Å²) >= 11 is 3.45. The Morgan fingerprint density at radius 2 is 1.83 bits per heavy atom. The summed E-state index contributed by atoms with van der Waals surface area (Å²) in [5, 5.41) is 14.9. The highest BCUT2D eigenvalue weighted by Crippen LogP contribution is 2.27. The zero-order chi connectivity index (χ0) is 20.2. The van der Waals surface area contributed by atoms with Crippen LogP contribution in [0.5, 0.6) is 11.5 Å². The molecule has 0 aliphatic carbocycles. The molecule has 0 bridgehead atoms. The number of para-hydroxylation sites is 1. The van der Waals surface area contributed by atoms with E-state index in [1.54, 1.807) is 24.4 Å². The normalized spacial score (nSPS) is 11.1. The molecule has 144 valence electrons. The van der Waals surface area contributed by atoms with Gasteiger partial charge in [-0.3, -0.25) is 5.43 Å². The fourth-order valence-corrected chi connectivity index (χ4v) is 3.10. The lowest BCUT2D eigenvalue weighted by atomic mass is 10.2. The molecule has 0 aliphatic heterocycles. The number of phenolic OH excluding ortho intramolecular Hbond substituents is 1. The molecule has 7 heteroatoms. The molecule has 6 nitrogen and oxygen atoms in total. The lowest BCUT2D eigenvalue weighted by molar-refractivity contribution is 0.373. The third-order valence-electron chi connectivity index (χ3n) is 4.29. The third kappa shape index (κ3) is 4.20. The van der Waals surface area contributed by atoms with Gasteiger partial charge in [-0.1, -0.05) is 40.2 Å². The summed E-state index contributed by atoms with van der Waals surface area (Å²) in [5.41, 5.74) is 5.53. The molecule has 2 N–H and O–H groups in total. The summed E-state index contributed by atoms with van der Waals surface area (Å²) in [6.45, 7) is 0. The monoisotopic (exact) mass is 448 g/mol. The second-order valence-corrected chi connectivity index (χ2v) is 7.14. The van der Waals surface area contributed by atoms with Crippen LogP contribution in [-0.2, 0) is 0 Å². The molecule has 0 atom stereocenters. The maximum absolute atomic E-state index is 9.71. The van der Waals surface area contributed by atoms with Gasteiger partial charge in [-0.05, 0) is 48.0 Å². The van der Waals surface area contributed by atoms with Crippen LogP contribution in [0.4, 0.5) is 5.82 Å². The van der Waals surface area contributed by atoms with Gasteiger partial charge in [0.1, 0.15) is 0 Å². The average Bonchev–Trinajstić information content (AvgIpc) is 2.75. The summed E-state index contributed by atoms with van der Waals surface area (Å²) in [4.78, 5) is 9.34. The van der Waals surface area contributed by atoms with Gasteiger partial charge in [0, 0.05) is 15.4 Å². The average molecular weight is 449 g/mol. The minimum Gasteiger partial charge on any atom is -0.504 e. The third-order valence-corrected chi connectivity index (χ3v) is 4.82. The number of anilines is 1. The molecule has 0 aliphatic rings. The summed E-state index contributed by atoms with van der Waals surface area (Å²) in [5.74, 6) is 1.69. The van der Waals surface area contributed by atoms with E-state index in [1.807, 2.05) is 48.5 Å². The number of phenols is 1. The van der Waals surface area contributed by atoms with E-state index in [9.17, 15) is 5.11 Å². The van der Waals surface area contributed by atoms with Gasteiger partial charge in [0.05, 0.1) is 18.8 Å². The van der Waals surface area contributed by atoms with Crippen LogP contribution >= 0.6 is 15.9 Å². The second-order valence-electron chi connectivity index (χ2n) is 6.22. The molecule has 1 heterocycles. The van der Waals surface area contributed by atoms with Crippen molar-refractivity contribution < 1.29 is 9.84 Å². The fourth-order valence-electron chi connectivity index (χ4n) is 2.83. The van der Waals surface area contributed by atoms with Crippen molar-refractivity contribution in [3.05, 3.63) is 76.8 Å². The molecule has 0 spiro atoms. The van der Waals surface area contributed by atoms with Crippen LogP contribution in [0.15, 0.2) is 76.3 Å². The number of hydrogen-bond donors (Lipinski definition) is 2. The first-order valence-electron chi connectivity index (χ1n) is 8.83. The first kappa shape index (κ1) is 18.9. The van der Waals surface area contributed by atoms with Gasteiger partial charge in [-0.15, -0.1) is 0 Å². The molecular formula is C22H17BrN4O2. The van der Waals surface area contributed by atoms with Crippen molar-refractivity contribution in [2.24, 2.45) is 5.10 Å². The summed E-state index contributed by atoms with van der Waals surface area (Å²) in [6, 6.07) is 20.6. The van der Waals surface area contributed by atoms with Crippen molar-refractivity contribution in [2.75, 3.05) is 12.5 Å². The Bertz CT molecular complexity index is 1190. The Kier molecular flexibility index (Phi) is 5.39. The maximum atomic E-state index is 9.71. The zero-order valence-electron chi connectivity index (χ0n) is 15.5. The quantitative estimate of drug-likeness (QED) is 0.323. The number of benzene rings is 3. The van der Waals surface area contributed by atoms with Crippen molar-refractivity contribution in [2.45, 2.75) is 0 Å². The summed E-state index contributed by atoms with van der Waals surface area (Å²) < 4.78 is 6.12. The van der Waals surface area contributed by atoms with E-state index < -0.39 is 0 Å². The van der Waals surface area contributed by atoms with Crippen LogP contribution < -0.4 is 10.2 Å². The molecule has 29 heavy (non-hydrogen) atoms. The summed E-state index contributed by atoms with van der Waals surface area (Å²) in [7, 11) is 1.50. The molecule has 0 radical (unpaired) electrons. The van der Waals surface area contributed by atoms with E-state index in [1.165, 1.54) is 7.11 Å². The number of aromatic hydroxyl groups is 1. The van der Waals surface area contributed by atoms with E-state index in [-0.39, 0.29) is 5.75 Å². The van der Waals surface area contributed by atoms with Crippen LogP contribution in [0.25, 0.3) is 22.3 Å². The standard InChI is InChI=1S/C22H17BrN4O2/c1-29-20-12-14(6-11-19(20)28)13-24-27-22-17-4-2-3-5-18(17)25-21(26-22)15-7-9-16(23)10-8-15/h2-13,28H,1H3,(H,25,26,27). The number of methoxy groups -OCH3 is 1. The maximum Gasteiger partial charge on any atom is 0.162 e. The number of halogens is 1. The van der Waals surface area contributed by atoms with Crippen molar-refractivity contribution in [3.8, 4) is 22.9 Å². The van der Waals surface area contributed by atoms with Gasteiger partial charge in [0.15, 0.2) is 23.1 Å². The Morgan fingerprint density at radius 3 is 2.62 bits per heavy atom. The molecule has 0 saturated heterocycles. The molecule has 3 aromatic carbocycles. The number of hydrazone groups is 1. The predicted molar refractivity (Wildman–Crippen MR) is 119 cm³/mol. The van der Waals surface area contributed by atoms with E-state index in [4.69, 9.17) is 4.74 Å². The lowest BCUT2D eigenvalue weighted by Crippen LogP contribution is -1.99.